The first-order valence-corrected chi connectivity index (χ1v) is 31.5. The summed E-state index contributed by atoms with van der Waals surface area (Å²) >= 11 is 0. The fourth-order valence-corrected chi connectivity index (χ4v) is 14.3. The Morgan fingerprint density at radius 3 is 0.667 bits per heavy atom. The lowest BCUT2D eigenvalue weighted by Crippen LogP contribution is -2.16. The van der Waals surface area contributed by atoms with Crippen LogP contribution in [0.5, 0.6) is 0 Å². The molecule has 0 fully saturated rings. The van der Waals surface area contributed by atoms with Gasteiger partial charge in [-0.25, -0.2) is 0 Å². The summed E-state index contributed by atoms with van der Waals surface area (Å²) in [5.74, 6) is 0. The van der Waals surface area contributed by atoms with E-state index < -0.39 is 0 Å². The van der Waals surface area contributed by atoms with Crippen LogP contribution in [0.1, 0.15) is 116 Å². The normalized spacial score (nSPS) is 12.6. The Balaban J connectivity index is 1.33. The second kappa shape index (κ2) is 20.1. The molecule has 6 heteroatoms. The molecule has 6 nitrogen and oxygen atoms in total. The van der Waals surface area contributed by atoms with Crippen LogP contribution < -0.4 is 0 Å². The number of nitriles is 2. The van der Waals surface area contributed by atoms with Crippen LogP contribution in [0.3, 0.4) is 0 Å². The van der Waals surface area contributed by atoms with Gasteiger partial charge < -0.3 is 18.3 Å². The van der Waals surface area contributed by atoms with Crippen molar-refractivity contribution in [3.8, 4) is 57.1 Å². The number of fused-ring (bicyclic) bond motifs is 12. The lowest BCUT2D eigenvalue weighted by Gasteiger charge is -2.31. The number of rotatable bonds is 6. The zero-order chi connectivity index (χ0) is 62.5. The van der Waals surface area contributed by atoms with E-state index >= 15 is 0 Å². The third kappa shape index (κ3) is 8.64. The Bertz CT molecular complexity index is 4940. The third-order valence-corrected chi connectivity index (χ3v) is 19.1. The molecule has 4 aromatic heterocycles. The molecule has 438 valence electrons. The van der Waals surface area contributed by atoms with E-state index in [2.05, 4.69) is 308 Å². The summed E-state index contributed by atoms with van der Waals surface area (Å²) in [6.45, 7) is 27.6. The van der Waals surface area contributed by atoms with Crippen LogP contribution >= 0.6 is 0 Å². The van der Waals surface area contributed by atoms with E-state index in [4.69, 9.17) is 0 Å². The molecule has 0 saturated carbocycles. The number of hydrogen-bond donors (Lipinski definition) is 0. The second-order valence-electron chi connectivity index (χ2n) is 28.9. The molecule has 0 N–H and O–H groups in total. The highest BCUT2D eigenvalue weighted by molar-refractivity contribution is 6.19. The molecule has 0 unspecified atom stereocenters. The third-order valence-electron chi connectivity index (χ3n) is 19.1. The lowest BCUT2D eigenvalue weighted by molar-refractivity contribution is 0.591. The molecule has 90 heavy (non-hydrogen) atoms. The van der Waals surface area contributed by atoms with Crippen molar-refractivity contribution in [2.45, 2.75) is 105 Å². The number of nitrogens with zero attached hydrogens (tertiary/aromatic N) is 6. The summed E-state index contributed by atoms with van der Waals surface area (Å²) in [5.41, 5.74) is 21.7. The summed E-state index contributed by atoms with van der Waals surface area (Å²) in [7, 11) is 0. The highest BCUT2D eigenvalue weighted by atomic mass is 15.1. The fraction of sp³-hybridized carbons (Fsp3) is 0.190. The molecule has 11 aromatic carbocycles. The average Bonchev–Trinajstić information content (AvgIpc) is 1.42. The molecule has 4 heterocycles. The lowest BCUT2D eigenvalue weighted by atomic mass is 9.86. The van der Waals surface area contributed by atoms with Gasteiger partial charge in [0, 0.05) is 54.2 Å². The summed E-state index contributed by atoms with van der Waals surface area (Å²) < 4.78 is 10.3. The van der Waals surface area contributed by atoms with Crippen LogP contribution in [-0.4, -0.2) is 18.3 Å². The van der Waals surface area contributed by atoms with Gasteiger partial charge in [-0.3, -0.25) is 0 Å². The Kier molecular flexibility index (Phi) is 12.5. The number of benzene rings is 11. The van der Waals surface area contributed by atoms with Crippen molar-refractivity contribution in [3.63, 3.8) is 0 Å². The molecule has 0 atom stereocenters. The van der Waals surface area contributed by atoms with Gasteiger partial charge in [-0.2, -0.15) is 10.5 Å². The SMILES string of the molecule is CC(C)(C)c1ccc2c(c1)c1ccccc1n2-c1c(-c2ccc(C#N)cc2)c(-n2c3ccccc3c3cc(C(C)(C)C)ccc32)c(-n2c3ccccc3c3cc(C(C)(C)C)ccc32)c(-c2ccc(C#N)cc2)c1-n1c2ccccc2c2cc(C(C)(C)C)ccc21. The topological polar surface area (TPSA) is 67.3 Å². The first kappa shape index (κ1) is 56.1. The maximum atomic E-state index is 10.7. The number of aromatic nitrogens is 4. The van der Waals surface area contributed by atoms with Crippen molar-refractivity contribution in [2.75, 3.05) is 0 Å². The monoisotopic (exact) mass is 1160 g/mol. The van der Waals surface area contributed by atoms with Gasteiger partial charge in [0.1, 0.15) is 0 Å². The predicted molar refractivity (Wildman–Crippen MR) is 379 cm³/mol. The average molecular weight is 1170 g/mol. The maximum Gasteiger partial charge on any atom is 0.0991 e. The summed E-state index contributed by atoms with van der Waals surface area (Å²) in [5, 5.41) is 30.6. The summed E-state index contributed by atoms with van der Waals surface area (Å²) in [4.78, 5) is 0. The molecule has 0 saturated heterocycles. The Morgan fingerprint density at radius 1 is 0.244 bits per heavy atom. The Labute approximate surface area is 526 Å². The van der Waals surface area contributed by atoms with E-state index in [9.17, 15) is 10.5 Å². The Hall–Kier alpha value is -10.4. The first-order valence-electron chi connectivity index (χ1n) is 31.5. The summed E-state index contributed by atoms with van der Waals surface area (Å²) in [6, 6.07) is 85.8. The molecular formula is C84H72N6. The van der Waals surface area contributed by atoms with Crippen molar-refractivity contribution in [3.05, 3.63) is 252 Å². The van der Waals surface area contributed by atoms with Gasteiger partial charge in [-0.05, 0) is 152 Å². The van der Waals surface area contributed by atoms with Gasteiger partial charge >= 0.3 is 0 Å². The van der Waals surface area contributed by atoms with Gasteiger partial charge in [-0.1, -0.05) is 204 Å². The van der Waals surface area contributed by atoms with Crippen LogP contribution in [0, 0.1) is 22.7 Å². The van der Waals surface area contributed by atoms with E-state index in [1.54, 1.807) is 0 Å². The van der Waals surface area contributed by atoms with E-state index in [0.29, 0.717) is 11.1 Å². The van der Waals surface area contributed by atoms with E-state index in [1.165, 1.54) is 22.3 Å². The maximum absolute atomic E-state index is 10.7. The molecule has 0 aliphatic rings. The smallest absolute Gasteiger partial charge is 0.0991 e. The number of para-hydroxylation sites is 4. The van der Waals surface area contributed by atoms with Crippen molar-refractivity contribution in [1.29, 1.82) is 10.5 Å². The number of hydrogen-bond acceptors (Lipinski definition) is 2. The van der Waals surface area contributed by atoms with E-state index in [1.807, 2.05) is 24.3 Å². The van der Waals surface area contributed by atoms with Gasteiger partial charge in [0.2, 0.25) is 0 Å². The van der Waals surface area contributed by atoms with Crippen LogP contribution in [0.15, 0.2) is 218 Å². The van der Waals surface area contributed by atoms with Crippen LogP contribution in [-0.2, 0) is 21.7 Å². The van der Waals surface area contributed by atoms with Crippen molar-refractivity contribution in [2.24, 2.45) is 0 Å². The predicted octanol–water partition coefficient (Wildman–Crippen LogP) is 22.3. The minimum atomic E-state index is -0.137. The Morgan fingerprint density at radius 2 is 0.456 bits per heavy atom. The van der Waals surface area contributed by atoms with Crippen LogP contribution in [0.2, 0.25) is 0 Å². The van der Waals surface area contributed by atoms with Gasteiger partial charge in [0.15, 0.2) is 0 Å². The summed E-state index contributed by atoms with van der Waals surface area (Å²) in [6.07, 6.45) is 0. The molecule has 0 amide bonds. The molecular weight excluding hydrogens is 1090 g/mol. The molecule has 15 rings (SSSR count). The molecule has 0 radical (unpaired) electrons. The van der Waals surface area contributed by atoms with Gasteiger partial charge in [0.25, 0.3) is 0 Å². The fourth-order valence-electron chi connectivity index (χ4n) is 14.3. The van der Waals surface area contributed by atoms with Crippen molar-refractivity contribution in [1.82, 2.24) is 18.3 Å². The van der Waals surface area contributed by atoms with Crippen molar-refractivity contribution >= 4 is 87.2 Å². The standard InChI is InChI=1S/C84H72N6/c1-81(2,3)55-37-41-71-63(45-55)59-21-13-17-25-67(59)87(71)77-75(53-33-29-51(49-85)30-34-53)79(89-69-27-19-15-23-61(69)65-47-57(83(7,8)9)39-43-73(65)89)80(90-70-28-20-16-24-62(70)66-48-58(84(10,11)12)40-44-74(66)90)76(54-35-31-52(50-86)32-36-54)78(77)88-68-26-18-14-22-60(68)64-46-56(82(4,5)6)38-42-72(64)88/h13-48H,1-12H3. The van der Waals surface area contributed by atoms with Crippen LogP contribution in [0.4, 0.5) is 0 Å². The molecule has 0 aliphatic heterocycles. The zero-order valence-corrected chi connectivity index (χ0v) is 53.5. The quantitative estimate of drug-likeness (QED) is 0.166. The first-order chi connectivity index (χ1) is 43.1. The minimum absolute atomic E-state index is 0.137. The zero-order valence-electron chi connectivity index (χ0n) is 53.5. The van der Waals surface area contributed by atoms with E-state index in [0.717, 1.165) is 132 Å². The molecule has 15 aromatic rings. The molecule has 0 spiro atoms. The minimum Gasteiger partial charge on any atom is -0.306 e. The van der Waals surface area contributed by atoms with Gasteiger partial charge in [-0.15, -0.1) is 0 Å². The molecule has 0 bridgehead atoms. The van der Waals surface area contributed by atoms with Crippen molar-refractivity contribution < 1.29 is 0 Å². The molecule has 0 aliphatic carbocycles. The van der Waals surface area contributed by atoms with Crippen LogP contribution in [0.25, 0.3) is 132 Å². The van der Waals surface area contributed by atoms with E-state index in [-0.39, 0.29) is 21.7 Å². The highest BCUT2D eigenvalue weighted by Crippen LogP contribution is 2.55. The largest absolute Gasteiger partial charge is 0.306 e. The second-order valence-corrected chi connectivity index (χ2v) is 28.9. The van der Waals surface area contributed by atoms with Gasteiger partial charge in [0.05, 0.1) is 90.1 Å². The highest BCUT2D eigenvalue weighted by Gasteiger charge is 2.36.